The van der Waals surface area contributed by atoms with Crippen LogP contribution in [0.5, 0.6) is 0 Å². The van der Waals surface area contributed by atoms with Crippen LogP contribution in [0.4, 0.5) is 4.79 Å². The van der Waals surface area contributed by atoms with Gasteiger partial charge in [-0.3, -0.25) is 4.79 Å². The molecule has 0 aromatic heterocycles. The van der Waals surface area contributed by atoms with E-state index in [9.17, 15) is 9.59 Å². The first-order valence-electron chi connectivity index (χ1n) is 6.46. The summed E-state index contributed by atoms with van der Waals surface area (Å²) >= 11 is 0. The lowest BCUT2D eigenvalue weighted by atomic mass is 9.80. The second-order valence-corrected chi connectivity index (χ2v) is 4.19. The quantitative estimate of drug-likeness (QED) is 0.659. The fourth-order valence-electron chi connectivity index (χ4n) is 1.73. The van der Waals surface area contributed by atoms with Crippen LogP contribution in [-0.4, -0.2) is 31.4 Å². The van der Waals surface area contributed by atoms with Crippen molar-refractivity contribution in [1.82, 2.24) is 0 Å². The summed E-state index contributed by atoms with van der Waals surface area (Å²) in [5, 5.41) is 0. The second kappa shape index (κ2) is 7.95. The molecule has 2 unspecified atom stereocenters. The molecule has 0 fully saturated rings. The van der Waals surface area contributed by atoms with Crippen LogP contribution in [0.25, 0.3) is 0 Å². The first-order valence-corrected chi connectivity index (χ1v) is 6.46. The molecular weight excluding hydrogens is 236 g/mol. The first-order chi connectivity index (χ1) is 8.46. The normalized spacial score (nSPS) is 15.4. The predicted molar refractivity (Wildman–Crippen MR) is 67.2 cm³/mol. The average molecular weight is 260 g/mol. The number of carbonyl (C=O) groups is 2. The predicted octanol–water partition coefficient (Wildman–Crippen LogP) is 2.92. The van der Waals surface area contributed by atoms with Crippen molar-refractivity contribution in [2.45, 2.75) is 53.6 Å². The van der Waals surface area contributed by atoms with Crippen LogP contribution in [0.3, 0.4) is 0 Å². The maximum Gasteiger partial charge on any atom is 0.508 e. The van der Waals surface area contributed by atoms with Gasteiger partial charge in [0.15, 0.2) is 0 Å². The van der Waals surface area contributed by atoms with Gasteiger partial charge in [-0.2, -0.15) is 0 Å². The average Bonchev–Trinajstić information content (AvgIpc) is 2.35. The highest BCUT2D eigenvalue weighted by molar-refractivity contribution is 5.77. The van der Waals surface area contributed by atoms with Gasteiger partial charge in [0.05, 0.1) is 13.2 Å². The van der Waals surface area contributed by atoms with Gasteiger partial charge in [-0.25, -0.2) is 4.79 Å². The fraction of sp³-hybridized carbons (Fsp3) is 0.846. The fourth-order valence-corrected chi connectivity index (χ4v) is 1.73. The number of esters is 1. The van der Waals surface area contributed by atoms with E-state index in [0.29, 0.717) is 19.4 Å². The van der Waals surface area contributed by atoms with Gasteiger partial charge < -0.3 is 14.2 Å². The minimum absolute atomic E-state index is 0.248. The number of rotatable bonds is 7. The van der Waals surface area contributed by atoms with Gasteiger partial charge >= 0.3 is 12.1 Å². The van der Waals surface area contributed by atoms with E-state index in [4.69, 9.17) is 14.2 Å². The minimum atomic E-state index is -0.836. The molecule has 5 heteroatoms. The molecule has 0 bridgehead atoms. The van der Waals surface area contributed by atoms with Gasteiger partial charge in [-0.15, -0.1) is 0 Å². The molecule has 18 heavy (non-hydrogen) atoms. The zero-order valence-electron chi connectivity index (χ0n) is 11.9. The molecule has 0 saturated heterocycles. The Bertz CT molecular complexity index is 277. The van der Waals surface area contributed by atoms with Crippen LogP contribution in [0, 0.1) is 5.41 Å². The topological polar surface area (TPSA) is 61.8 Å². The zero-order chi connectivity index (χ0) is 14.2. The number of carbonyl (C=O) groups excluding carboxylic acids is 2. The number of hydrogen-bond acceptors (Lipinski definition) is 5. The van der Waals surface area contributed by atoms with Crippen molar-refractivity contribution in [2.75, 3.05) is 13.2 Å². The van der Waals surface area contributed by atoms with E-state index in [0.717, 1.165) is 0 Å². The van der Waals surface area contributed by atoms with Crippen LogP contribution in [0.2, 0.25) is 0 Å². The lowest BCUT2D eigenvalue weighted by Crippen LogP contribution is -2.43. The molecule has 0 radical (unpaired) electrons. The summed E-state index contributed by atoms with van der Waals surface area (Å²) in [6, 6.07) is 0. The molecule has 0 aromatic rings. The van der Waals surface area contributed by atoms with Crippen LogP contribution in [-0.2, 0) is 19.0 Å². The van der Waals surface area contributed by atoms with E-state index in [-0.39, 0.29) is 12.6 Å². The van der Waals surface area contributed by atoms with Gasteiger partial charge in [-0.05, 0) is 33.6 Å². The van der Waals surface area contributed by atoms with Crippen molar-refractivity contribution in [3.63, 3.8) is 0 Å². The van der Waals surface area contributed by atoms with E-state index < -0.39 is 17.7 Å². The second-order valence-electron chi connectivity index (χ2n) is 4.19. The molecule has 0 aliphatic carbocycles. The maximum atomic E-state index is 12.0. The van der Waals surface area contributed by atoms with Crippen molar-refractivity contribution >= 4 is 12.1 Å². The highest BCUT2D eigenvalue weighted by Gasteiger charge is 2.43. The van der Waals surface area contributed by atoms with Gasteiger partial charge in [0.25, 0.3) is 0 Å². The molecule has 5 nitrogen and oxygen atoms in total. The molecule has 106 valence electrons. The van der Waals surface area contributed by atoms with E-state index in [2.05, 4.69) is 0 Å². The van der Waals surface area contributed by atoms with Gasteiger partial charge in [-0.1, -0.05) is 13.8 Å². The van der Waals surface area contributed by atoms with Gasteiger partial charge in [0, 0.05) is 0 Å². The Hall–Kier alpha value is -1.26. The summed E-state index contributed by atoms with van der Waals surface area (Å²) < 4.78 is 15.0. The highest BCUT2D eigenvalue weighted by atomic mass is 16.7. The van der Waals surface area contributed by atoms with Crippen molar-refractivity contribution in [2.24, 2.45) is 5.41 Å². The monoisotopic (exact) mass is 260 g/mol. The van der Waals surface area contributed by atoms with Crippen LogP contribution in [0.15, 0.2) is 0 Å². The SMILES string of the molecule is CCOC(=O)OC(CC)C(C)(CC)C(=O)OCC. The summed E-state index contributed by atoms with van der Waals surface area (Å²) in [4.78, 5) is 23.3. The summed E-state index contributed by atoms with van der Waals surface area (Å²) in [6.45, 7) is 9.49. The van der Waals surface area contributed by atoms with Gasteiger partial charge in [0.1, 0.15) is 11.5 Å². The summed E-state index contributed by atoms with van der Waals surface area (Å²) in [6.07, 6.45) is -0.222. The molecule has 0 N–H and O–H groups in total. The Morgan fingerprint density at radius 2 is 1.61 bits per heavy atom. The summed E-state index contributed by atoms with van der Waals surface area (Å²) in [5.41, 5.74) is -0.836. The summed E-state index contributed by atoms with van der Waals surface area (Å²) in [5.74, 6) is -0.344. The number of ether oxygens (including phenoxy) is 3. The molecule has 0 spiro atoms. The molecule has 0 rings (SSSR count). The largest absolute Gasteiger partial charge is 0.508 e. The Balaban J connectivity index is 4.84. The van der Waals surface area contributed by atoms with E-state index in [1.165, 1.54) is 0 Å². The minimum Gasteiger partial charge on any atom is -0.465 e. The summed E-state index contributed by atoms with van der Waals surface area (Å²) in [7, 11) is 0. The molecule has 0 aliphatic heterocycles. The lowest BCUT2D eigenvalue weighted by Gasteiger charge is -2.33. The Morgan fingerprint density at radius 1 is 1.06 bits per heavy atom. The third kappa shape index (κ3) is 4.20. The molecule has 0 amide bonds. The van der Waals surface area contributed by atoms with Crippen molar-refractivity contribution in [3.05, 3.63) is 0 Å². The van der Waals surface area contributed by atoms with Crippen LogP contribution < -0.4 is 0 Å². The standard InChI is InChI=1S/C13H24O5/c1-6-10(18-12(15)17-9-4)13(5,7-2)11(14)16-8-3/h10H,6-9H2,1-5H3. The van der Waals surface area contributed by atoms with Crippen molar-refractivity contribution in [3.8, 4) is 0 Å². The maximum absolute atomic E-state index is 12.0. The number of hydrogen-bond donors (Lipinski definition) is 0. The Kier molecular flexibility index (Phi) is 7.39. The van der Waals surface area contributed by atoms with E-state index >= 15 is 0 Å². The van der Waals surface area contributed by atoms with Gasteiger partial charge in [0.2, 0.25) is 0 Å². The van der Waals surface area contributed by atoms with Crippen LogP contribution in [0.1, 0.15) is 47.5 Å². The molecule has 0 aliphatic rings. The van der Waals surface area contributed by atoms with E-state index in [1.54, 1.807) is 20.8 Å². The highest BCUT2D eigenvalue weighted by Crippen LogP contribution is 2.32. The first kappa shape index (κ1) is 16.7. The molecule has 0 aromatic carbocycles. The molecule has 0 saturated carbocycles. The Morgan fingerprint density at radius 3 is 2.00 bits per heavy atom. The Labute approximate surface area is 109 Å². The molecule has 0 heterocycles. The lowest BCUT2D eigenvalue weighted by molar-refractivity contribution is -0.163. The molecule has 2 atom stereocenters. The third-order valence-corrected chi connectivity index (χ3v) is 3.06. The van der Waals surface area contributed by atoms with Crippen molar-refractivity contribution in [1.29, 1.82) is 0 Å². The van der Waals surface area contributed by atoms with Crippen LogP contribution >= 0.6 is 0 Å². The molecular formula is C13H24O5. The smallest absolute Gasteiger partial charge is 0.465 e. The zero-order valence-corrected chi connectivity index (χ0v) is 11.9. The third-order valence-electron chi connectivity index (χ3n) is 3.06. The van der Waals surface area contributed by atoms with Crippen molar-refractivity contribution < 1.29 is 23.8 Å². The van der Waals surface area contributed by atoms with E-state index in [1.807, 2.05) is 13.8 Å².